The number of para-hydroxylation sites is 1. The molecule has 2 rings (SSSR count). The summed E-state index contributed by atoms with van der Waals surface area (Å²) >= 11 is 0. The molecule has 0 atom stereocenters. The lowest BCUT2D eigenvalue weighted by molar-refractivity contribution is 0.403. The second-order valence-electron chi connectivity index (χ2n) is 6.14. The summed E-state index contributed by atoms with van der Waals surface area (Å²) in [6, 6.07) is 17.4. The molecule has 0 heterocycles. The second kappa shape index (κ2) is 7.28. The van der Waals surface area contributed by atoms with Crippen LogP contribution in [-0.2, 0) is 13.1 Å². The minimum absolute atomic E-state index is 0.591. The number of benzene rings is 2. The molecule has 2 aromatic rings. The SMILES string of the molecule is CC(C)c1ccc(CNc2ccccc2CN(C)C)cc1. The van der Waals surface area contributed by atoms with E-state index >= 15 is 0 Å². The van der Waals surface area contributed by atoms with Crippen LogP contribution in [-0.4, -0.2) is 19.0 Å². The Labute approximate surface area is 128 Å². The molecule has 1 N–H and O–H groups in total. The topological polar surface area (TPSA) is 15.3 Å². The molecule has 21 heavy (non-hydrogen) atoms. The molecule has 0 radical (unpaired) electrons. The molecule has 2 nitrogen and oxygen atoms in total. The normalized spacial score (nSPS) is 11.1. The van der Waals surface area contributed by atoms with Gasteiger partial charge >= 0.3 is 0 Å². The van der Waals surface area contributed by atoms with Gasteiger partial charge in [0.25, 0.3) is 0 Å². The van der Waals surface area contributed by atoms with Crippen LogP contribution in [0.1, 0.15) is 36.5 Å². The molecule has 0 fully saturated rings. The Bertz CT molecular complexity index is 556. The van der Waals surface area contributed by atoms with E-state index in [1.54, 1.807) is 0 Å². The van der Waals surface area contributed by atoms with Gasteiger partial charge in [0.1, 0.15) is 0 Å². The first kappa shape index (κ1) is 15.6. The van der Waals surface area contributed by atoms with Crippen LogP contribution in [0.5, 0.6) is 0 Å². The van der Waals surface area contributed by atoms with Crippen molar-refractivity contribution in [1.82, 2.24) is 4.90 Å². The van der Waals surface area contributed by atoms with Crippen molar-refractivity contribution in [3.8, 4) is 0 Å². The smallest absolute Gasteiger partial charge is 0.0400 e. The molecular formula is C19H26N2. The van der Waals surface area contributed by atoms with Crippen LogP contribution in [0.15, 0.2) is 48.5 Å². The van der Waals surface area contributed by atoms with Crippen LogP contribution in [0.25, 0.3) is 0 Å². The average molecular weight is 282 g/mol. The Morgan fingerprint density at radius 2 is 1.62 bits per heavy atom. The third-order valence-electron chi connectivity index (χ3n) is 3.63. The maximum absolute atomic E-state index is 3.56. The molecule has 0 aliphatic rings. The Hall–Kier alpha value is -1.80. The van der Waals surface area contributed by atoms with Crippen LogP contribution in [0, 0.1) is 0 Å². The Kier molecular flexibility index (Phi) is 5.40. The van der Waals surface area contributed by atoms with Gasteiger partial charge in [-0.25, -0.2) is 0 Å². The maximum Gasteiger partial charge on any atom is 0.0400 e. The first-order valence-electron chi connectivity index (χ1n) is 7.61. The minimum atomic E-state index is 0.591. The van der Waals surface area contributed by atoms with E-state index in [1.807, 2.05) is 0 Å². The summed E-state index contributed by atoms with van der Waals surface area (Å²) in [7, 11) is 4.20. The lowest BCUT2D eigenvalue weighted by Crippen LogP contribution is -2.12. The fraction of sp³-hybridized carbons (Fsp3) is 0.368. The highest BCUT2D eigenvalue weighted by Crippen LogP contribution is 2.19. The van der Waals surface area contributed by atoms with Gasteiger partial charge < -0.3 is 10.2 Å². The number of nitrogens with zero attached hydrogens (tertiary/aromatic N) is 1. The molecule has 0 unspecified atom stereocenters. The Morgan fingerprint density at radius 3 is 2.24 bits per heavy atom. The highest BCUT2D eigenvalue weighted by molar-refractivity contribution is 5.51. The number of nitrogens with one attached hydrogen (secondary N) is 1. The zero-order valence-corrected chi connectivity index (χ0v) is 13.6. The van der Waals surface area contributed by atoms with Gasteiger partial charge in [-0.3, -0.25) is 0 Å². The molecule has 0 spiro atoms. The van der Waals surface area contributed by atoms with Crippen molar-refractivity contribution >= 4 is 5.69 Å². The monoisotopic (exact) mass is 282 g/mol. The van der Waals surface area contributed by atoms with Crippen LogP contribution in [0.2, 0.25) is 0 Å². The van der Waals surface area contributed by atoms with Crippen molar-refractivity contribution in [2.45, 2.75) is 32.9 Å². The summed E-state index contributed by atoms with van der Waals surface area (Å²) < 4.78 is 0. The van der Waals surface area contributed by atoms with E-state index in [4.69, 9.17) is 0 Å². The van der Waals surface area contributed by atoms with Gasteiger partial charge in [-0.05, 0) is 42.8 Å². The quantitative estimate of drug-likeness (QED) is 0.840. The van der Waals surface area contributed by atoms with Crippen molar-refractivity contribution in [2.75, 3.05) is 19.4 Å². The summed E-state index contributed by atoms with van der Waals surface area (Å²) in [4.78, 5) is 2.19. The molecule has 0 saturated heterocycles. The average Bonchev–Trinajstić information content (AvgIpc) is 2.46. The predicted molar refractivity (Wildman–Crippen MR) is 91.7 cm³/mol. The number of hydrogen-bond acceptors (Lipinski definition) is 2. The molecule has 0 bridgehead atoms. The summed E-state index contributed by atoms with van der Waals surface area (Å²) in [5.41, 5.74) is 5.27. The van der Waals surface area contributed by atoms with E-state index in [-0.39, 0.29) is 0 Å². The van der Waals surface area contributed by atoms with Crippen molar-refractivity contribution in [1.29, 1.82) is 0 Å². The van der Waals surface area contributed by atoms with E-state index in [9.17, 15) is 0 Å². The molecule has 2 aromatic carbocycles. The minimum Gasteiger partial charge on any atom is -0.381 e. The van der Waals surface area contributed by atoms with Crippen LogP contribution >= 0.6 is 0 Å². The van der Waals surface area contributed by atoms with Gasteiger partial charge in [0.05, 0.1) is 0 Å². The van der Waals surface area contributed by atoms with E-state index in [1.165, 1.54) is 22.4 Å². The van der Waals surface area contributed by atoms with Crippen molar-refractivity contribution in [3.63, 3.8) is 0 Å². The molecule has 0 aliphatic heterocycles. The highest BCUT2D eigenvalue weighted by atomic mass is 15.1. The van der Waals surface area contributed by atoms with Gasteiger partial charge in [-0.2, -0.15) is 0 Å². The van der Waals surface area contributed by atoms with Gasteiger partial charge in [0, 0.05) is 18.8 Å². The third kappa shape index (κ3) is 4.61. The Balaban J connectivity index is 2.02. The first-order chi connectivity index (χ1) is 10.1. The molecule has 0 saturated carbocycles. The number of anilines is 1. The molecule has 0 aromatic heterocycles. The predicted octanol–water partition coefficient (Wildman–Crippen LogP) is 4.48. The van der Waals surface area contributed by atoms with Gasteiger partial charge in [0.15, 0.2) is 0 Å². The van der Waals surface area contributed by atoms with Crippen molar-refractivity contribution in [3.05, 3.63) is 65.2 Å². The van der Waals surface area contributed by atoms with Gasteiger partial charge in [-0.1, -0.05) is 56.3 Å². The summed E-state index contributed by atoms with van der Waals surface area (Å²) in [5.74, 6) is 0.591. The number of hydrogen-bond donors (Lipinski definition) is 1. The Morgan fingerprint density at radius 1 is 0.952 bits per heavy atom. The number of rotatable bonds is 6. The fourth-order valence-corrected chi connectivity index (χ4v) is 2.39. The first-order valence-corrected chi connectivity index (χ1v) is 7.61. The van der Waals surface area contributed by atoms with Crippen LogP contribution in [0.3, 0.4) is 0 Å². The van der Waals surface area contributed by atoms with Crippen molar-refractivity contribution < 1.29 is 0 Å². The van der Waals surface area contributed by atoms with Gasteiger partial charge in [-0.15, -0.1) is 0 Å². The van der Waals surface area contributed by atoms with Gasteiger partial charge in [0.2, 0.25) is 0 Å². The summed E-state index contributed by atoms with van der Waals surface area (Å²) in [5, 5.41) is 3.56. The standard InChI is InChI=1S/C19H26N2/c1-15(2)17-11-9-16(10-12-17)13-20-19-8-6-5-7-18(19)14-21(3)4/h5-12,15,20H,13-14H2,1-4H3. The molecule has 0 aliphatic carbocycles. The zero-order chi connectivity index (χ0) is 15.2. The molecular weight excluding hydrogens is 256 g/mol. The zero-order valence-electron chi connectivity index (χ0n) is 13.6. The third-order valence-corrected chi connectivity index (χ3v) is 3.63. The summed E-state index contributed by atoms with van der Waals surface area (Å²) in [6.07, 6.45) is 0. The maximum atomic E-state index is 3.56. The second-order valence-corrected chi connectivity index (χ2v) is 6.14. The fourth-order valence-electron chi connectivity index (χ4n) is 2.39. The lowest BCUT2D eigenvalue weighted by atomic mass is 10.0. The molecule has 0 amide bonds. The molecule has 2 heteroatoms. The van der Waals surface area contributed by atoms with Crippen LogP contribution in [0.4, 0.5) is 5.69 Å². The molecule has 112 valence electrons. The van der Waals surface area contributed by atoms with E-state index in [2.05, 4.69) is 86.7 Å². The largest absolute Gasteiger partial charge is 0.381 e. The van der Waals surface area contributed by atoms with Crippen molar-refractivity contribution in [2.24, 2.45) is 0 Å². The summed E-state index contributed by atoms with van der Waals surface area (Å²) in [6.45, 7) is 6.27. The van der Waals surface area contributed by atoms with Crippen LogP contribution < -0.4 is 5.32 Å². The lowest BCUT2D eigenvalue weighted by Gasteiger charge is -2.16. The van der Waals surface area contributed by atoms with E-state index in [0.29, 0.717) is 5.92 Å². The van der Waals surface area contributed by atoms with E-state index < -0.39 is 0 Å². The highest BCUT2D eigenvalue weighted by Gasteiger charge is 2.03. The van der Waals surface area contributed by atoms with E-state index in [0.717, 1.165) is 13.1 Å².